The van der Waals surface area contributed by atoms with Gasteiger partial charge in [-0.15, -0.1) is 11.6 Å². The maximum atomic E-state index is 10.9. The summed E-state index contributed by atoms with van der Waals surface area (Å²) in [5, 5.41) is 0. The van der Waals surface area contributed by atoms with Crippen molar-refractivity contribution in [2.75, 3.05) is 5.88 Å². The molecule has 0 aromatic rings. The van der Waals surface area contributed by atoms with E-state index in [-0.39, 0.29) is 11.8 Å². The van der Waals surface area contributed by atoms with E-state index in [0.29, 0.717) is 5.90 Å². The van der Waals surface area contributed by atoms with Crippen LogP contribution in [0.25, 0.3) is 0 Å². The van der Waals surface area contributed by atoms with E-state index in [1.54, 1.807) is 13.8 Å². The first-order chi connectivity index (χ1) is 4.56. The number of hydrogen-bond acceptors (Lipinski definition) is 3. The molecule has 0 radical (unpaired) electrons. The predicted octanol–water partition coefficient (Wildman–Crippen LogP) is 0.959. The standard InChI is InChI=1S/C6H8ClNO2/c1-6(2)5(9)10-4(3-7)8-6/h3H2,1-2H3. The molecular formula is C6H8ClNO2. The third-order valence-electron chi connectivity index (χ3n) is 1.23. The summed E-state index contributed by atoms with van der Waals surface area (Å²) < 4.78 is 4.70. The molecular weight excluding hydrogens is 154 g/mol. The van der Waals surface area contributed by atoms with Gasteiger partial charge in [-0.25, -0.2) is 9.79 Å². The first-order valence-electron chi connectivity index (χ1n) is 2.93. The molecule has 10 heavy (non-hydrogen) atoms. The number of ether oxygens (including phenoxy) is 1. The summed E-state index contributed by atoms with van der Waals surface area (Å²) in [6.45, 7) is 3.38. The van der Waals surface area contributed by atoms with Gasteiger partial charge in [-0.1, -0.05) is 0 Å². The topological polar surface area (TPSA) is 38.7 Å². The predicted molar refractivity (Wildman–Crippen MR) is 38.3 cm³/mol. The second-order valence-electron chi connectivity index (χ2n) is 2.59. The summed E-state index contributed by atoms with van der Waals surface area (Å²) >= 11 is 5.39. The zero-order valence-corrected chi connectivity index (χ0v) is 6.60. The van der Waals surface area contributed by atoms with Crippen molar-refractivity contribution in [3.05, 3.63) is 0 Å². The number of nitrogens with zero attached hydrogens (tertiary/aromatic N) is 1. The largest absolute Gasteiger partial charge is 0.409 e. The van der Waals surface area contributed by atoms with E-state index in [0.717, 1.165) is 0 Å². The van der Waals surface area contributed by atoms with Crippen molar-refractivity contribution in [3.63, 3.8) is 0 Å². The highest BCUT2D eigenvalue weighted by Gasteiger charge is 2.36. The van der Waals surface area contributed by atoms with Crippen LogP contribution in [0.3, 0.4) is 0 Å². The lowest BCUT2D eigenvalue weighted by Gasteiger charge is -2.05. The van der Waals surface area contributed by atoms with Gasteiger partial charge < -0.3 is 4.74 Å². The molecule has 0 bridgehead atoms. The highest BCUT2D eigenvalue weighted by atomic mass is 35.5. The van der Waals surface area contributed by atoms with Crippen LogP contribution in [-0.2, 0) is 9.53 Å². The minimum atomic E-state index is -0.732. The molecule has 1 rings (SSSR count). The number of esters is 1. The minimum Gasteiger partial charge on any atom is -0.409 e. The maximum Gasteiger partial charge on any atom is 0.340 e. The van der Waals surface area contributed by atoms with Crippen molar-refractivity contribution >= 4 is 23.5 Å². The molecule has 0 amide bonds. The Morgan fingerprint density at radius 2 is 2.30 bits per heavy atom. The molecule has 0 saturated carbocycles. The van der Waals surface area contributed by atoms with Gasteiger partial charge >= 0.3 is 5.97 Å². The van der Waals surface area contributed by atoms with Gasteiger partial charge in [0.05, 0.1) is 5.88 Å². The lowest BCUT2D eigenvalue weighted by Crippen LogP contribution is -2.25. The summed E-state index contributed by atoms with van der Waals surface area (Å²) in [4.78, 5) is 14.8. The van der Waals surface area contributed by atoms with Crippen LogP contribution >= 0.6 is 11.6 Å². The molecule has 1 heterocycles. The van der Waals surface area contributed by atoms with Crippen LogP contribution in [0.4, 0.5) is 0 Å². The fraction of sp³-hybridized carbons (Fsp3) is 0.667. The lowest BCUT2D eigenvalue weighted by molar-refractivity contribution is -0.137. The van der Waals surface area contributed by atoms with E-state index in [4.69, 9.17) is 16.3 Å². The Labute approximate surface area is 64.0 Å². The number of carbonyl (C=O) groups excluding carboxylic acids is 1. The normalized spacial score (nSPS) is 22.3. The summed E-state index contributed by atoms with van der Waals surface area (Å²) in [5.74, 6) is 0.148. The van der Waals surface area contributed by atoms with Crippen molar-refractivity contribution in [3.8, 4) is 0 Å². The highest BCUT2D eigenvalue weighted by molar-refractivity contribution is 6.28. The van der Waals surface area contributed by atoms with E-state index in [1.165, 1.54) is 0 Å². The molecule has 56 valence electrons. The monoisotopic (exact) mass is 161 g/mol. The molecule has 0 aromatic heterocycles. The third-order valence-corrected chi connectivity index (χ3v) is 1.46. The van der Waals surface area contributed by atoms with Gasteiger partial charge in [0.1, 0.15) is 0 Å². The van der Waals surface area contributed by atoms with Crippen LogP contribution in [0.2, 0.25) is 0 Å². The number of cyclic esters (lactones) is 1. The Morgan fingerprint density at radius 3 is 2.50 bits per heavy atom. The van der Waals surface area contributed by atoms with E-state index >= 15 is 0 Å². The molecule has 0 N–H and O–H groups in total. The van der Waals surface area contributed by atoms with Crippen LogP contribution in [0.1, 0.15) is 13.8 Å². The fourth-order valence-corrected chi connectivity index (χ4v) is 0.784. The summed E-state index contributed by atoms with van der Waals surface area (Å²) in [5.41, 5.74) is -0.732. The summed E-state index contributed by atoms with van der Waals surface area (Å²) in [7, 11) is 0. The van der Waals surface area contributed by atoms with Crippen LogP contribution < -0.4 is 0 Å². The van der Waals surface area contributed by atoms with Crippen LogP contribution in [0.5, 0.6) is 0 Å². The van der Waals surface area contributed by atoms with Crippen molar-refractivity contribution in [2.24, 2.45) is 4.99 Å². The van der Waals surface area contributed by atoms with Gasteiger partial charge in [-0.3, -0.25) is 0 Å². The minimum absolute atomic E-state index is 0.162. The Morgan fingerprint density at radius 1 is 1.70 bits per heavy atom. The number of aliphatic imine (C=N–C) groups is 1. The van der Waals surface area contributed by atoms with Crippen molar-refractivity contribution in [1.29, 1.82) is 0 Å². The van der Waals surface area contributed by atoms with Gasteiger partial charge in [0.15, 0.2) is 5.54 Å². The van der Waals surface area contributed by atoms with E-state index in [1.807, 2.05) is 0 Å². The van der Waals surface area contributed by atoms with Gasteiger partial charge in [0.25, 0.3) is 0 Å². The highest BCUT2D eigenvalue weighted by Crippen LogP contribution is 2.18. The van der Waals surface area contributed by atoms with E-state index < -0.39 is 5.54 Å². The summed E-state index contributed by atoms with van der Waals surface area (Å²) in [6.07, 6.45) is 0. The smallest absolute Gasteiger partial charge is 0.340 e. The van der Waals surface area contributed by atoms with Crippen molar-refractivity contribution in [2.45, 2.75) is 19.4 Å². The van der Waals surface area contributed by atoms with Crippen LogP contribution in [-0.4, -0.2) is 23.3 Å². The zero-order chi connectivity index (χ0) is 7.78. The molecule has 0 spiro atoms. The van der Waals surface area contributed by atoms with Crippen molar-refractivity contribution in [1.82, 2.24) is 0 Å². The third kappa shape index (κ3) is 1.14. The number of carbonyl (C=O) groups is 1. The number of halogens is 1. The molecule has 4 heteroatoms. The first-order valence-corrected chi connectivity index (χ1v) is 3.46. The molecule has 0 fully saturated rings. The first kappa shape index (κ1) is 7.54. The van der Waals surface area contributed by atoms with Gasteiger partial charge in [0, 0.05) is 0 Å². The van der Waals surface area contributed by atoms with Crippen molar-refractivity contribution < 1.29 is 9.53 Å². The zero-order valence-electron chi connectivity index (χ0n) is 5.85. The fourth-order valence-electron chi connectivity index (χ4n) is 0.669. The van der Waals surface area contributed by atoms with Gasteiger partial charge in [-0.2, -0.15) is 0 Å². The lowest BCUT2D eigenvalue weighted by atomic mass is 10.1. The Bertz CT molecular complexity index is 198. The second-order valence-corrected chi connectivity index (χ2v) is 2.85. The van der Waals surface area contributed by atoms with Gasteiger partial charge in [-0.05, 0) is 13.8 Å². The Kier molecular flexibility index (Phi) is 1.68. The average Bonchev–Trinajstić information content (AvgIpc) is 2.08. The molecule has 0 saturated heterocycles. The number of rotatable bonds is 1. The van der Waals surface area contributed by atoms with E-state index in [9.17, 15) is 4.79 Å². The van der Waals surface area contributed by atoms with Crippen LogP contribution in [0, 0.1) is 0 Å². The molecule has 0 aromatic carbocycles. The molecule has 0 unspecified atom stereocenters. The molecule has 1 aliphatic heterocycles. The molecule has 1 aliphatic rings. The van der Waals surface area contributed by atoms with E-state index in [2.05, 4.69) is 4.99 Å². The Balaban J connectivity index is 2.81. The molecule has 3 nitrogen and oxygen atoms in total. The summed E-state index contributed by atoms with van der Waals surface area (Å²) in [6, 6.07) is 0. The number of hydrogen-bond donors (Lipinski definition) is 0. The second kappa shape index (κ2) is 2.23. The number of alkyl halides is 1. The maximum absolute atomic E-state index is 10.9. The Hall–Kier alpha value is -0.570. The SMILES string of the molecule is CC1(C)N=C(CCl)OC1=O. The molecule has 0 aliphatic carbocycles. The van der Waals surface area contributed by atoms with Gasteiger partial charge in [0.2, 0.25) is 5.90 Å². The quantitative estimate of drug-likeness (QED) is 0.425. The average molecular weight is 162 g/mol. The molecule has 0 atom stereocenters. The van der Waals surface area contributed by atoms with Crippen LogP contribution in [0.15, 0.2) is 4.99 Å².